The Hall–Kier alpha value is -0.570. The van der Waals surface area contributed by atoms with E-state index < -0.39 is 0 Å². The summed E-state index contributed by atoms with van der Waals surface area (Å²) in [5.74, 6) is 0.336. The van der Waals surface area contributed by atoms with Gasteiger partial charge in [-0.05, 0) is 45.4 Å². The van der Waals surface area contributed by atoms with Crippen molar-refractivity contribution < 1.29 is 9.53 Å². The zero-order valence-corrected chi connectivity index (χ0v) is 10.3. The van der Waals surface area contributed by atoms with Crippen LogP contribution in [0.2, 0.25) is 0 Å². The Morgan fingerprint density at radius 2 is 2.19 bits per heavy atom. The summed E-state index contributed by atoms with van der Waals surface area (Å²) < 4.78 is 5.55. The minimum atomic E-state index is 0.336. The predicted molar refractivity (Wildman–Crippen MR) is 63.2 cm³/mol. The van der Waals surface area contributed by atoms with E-state index in [0.717, 1.165) is 26.0 Å². The lowest BCUT2D eigenvalue weighted by Crippen LogP contribution is -2.42. The van der Waals surface area contributed by atoms with Gasteiger partial charge < -0.3 is 9.64 Å². The van der Waals surface area contributed by atoms with Crippen molar-refractivity contribution in [3.8, 4) is 0 Å². The van der Waals surface area contributed by atoms with Gasteiger partial charge in [0, 0.05) is 25.6 Å². The number of nitrogens with zero attached hydrogens (tertiary/aromatic N) is 1. The minimum absolute atomic E-state index is 0.336. The first kappa shape index (κ1) is 11.9. The number of hydrogen-bond donors (Lipinski definition) is 0. The maximum Gasteiger partial charge on any atom is 0.222 e. The molecule has 3 nitrogen and oxygen atoms in total. The molecule has 2 aliphatic rings. The average Bonchev–Trinajstić information content (AvgIpc) is 2.79. The third kappa shape index (κ3) is 2.97. The van der Waals surface area contributed by atoms with Crippen LogP contribution in [0.4, 0.5) is 0 Å². The van der Waals surface area contributed by atoms with Crippen LogP contribution in [0, 0.1) is 0 Å². The molecule has 0 saturated carbocycles. The molecule has 0 aliphatic carbocycles. The molecular weight excluding hydrogens is 202 g/mol. The molecular formula is C13H23NO2. The van der Waals surface area contributed by atoms with Crippen molar-refractivity contribution in [3.63, 3.8) is 0 Å². The molecule has 0 spiro atoms. The van der Waals surface area contributed by atoms with Gasteiger partial charge in [-0.2, -0.15) is 0 Å². The summed E-state index contributed by atoms with van der Waals surface area (Å²) in [6, 6.07) is 0.450. The Morgan fingerprint density at radius 1 is 1.31 bits per heavy atom. The fourth-order valence-corrected chi connectivity index (χ4v) is 2.77. The quantitative estimate of drug-likeness (QED) is 0.738. The molecule has 0 bridgehead atoms. The molecule has 92 valence electrons. The van der Waals surface area contributed by atoms with E-state index in [1.54, 1.807) is 0 Å². The van der Waals surface area contributed by atoms with Gasteiger partial charge in [0.05, 0.1) is 6.10 Å². The van der Waals surface area contributed by atoms with Gasteiger partial charge in [-0.3, -0.25) is 4.79 Å². The zero-order valence-electron chi connectivity index (χ0n) is 10.3. The molecule has 2 rings (SSSR count). The summed E-state index contributed by atoms with van der Waals surface area (Å²) in [6.07, 6.45) is 7.88. The van der Waals surface area contributed by atoms with Gasteiger partial charge in [0.25, 0.3) is 0 Å². The maximum atomic E-state index is 12.0. The molecule has 2 saturated heterocycles. The third-order valence-corrected chi connectivity index (χ3v) is 3.83. The molecule has 3 heteroatoms. The van der Waals surface area contributed by atoms with Crippen LogP contribution < -0.4 is 0 Å². The highest BCUT2D eigenvalue weighted by Crippen LogP contribution is 2.20. The number of amides is 1. The normalized spacial score (nSPS) is 30.7. The predicted octanol–water partition coefficient (Wildman–Crippen LogP) is 2.35. The van der Waals surface area contributed by atoms with Gasteiger partial charge in [0.1, 0.15) is 0 Å². The van der Waals surface area contributed by atoms with Crippen molar-refractivity contribution in [1.29, 1.82) is 0 Å². The Bertz CT molecular complexity index is 236. The van der Waals surface area contributed by atoms with Crippen molar-refractivity contribution >= 4 is 5.91 Å². The van der Waals surface area contributed by atoms with Crippen molar-refractivity contribution in [2.45, 2.75) is 64.0 Å². The fourth-order valence-electron chi connectivity index (χ4n) is 2.77. The number of piperidine rings is 1. The SMILES string of the molecule is C[C@H]1CCCCN1C(=O)CC[C@@H]1CCCO1. The molecule has 0 radical (unpaired) electrons. The summed E-state index contributed by atoms with van der Waals surface area (Å²) in [6.45, 7) is 4.02. The summed E-state index contributed by atoms with van der Waals surface area (Å²) in [5.41, 5.74) is 0. The largest absolute Gasteiger partial charge is 0.378 e. The number of carbonyl (C=O) groups excluding carboxylic acids is 1. The van der Waals surface area contributed by atoms with Gasteiger partial charge >= 0.3 is 0 Å². The van der Waals surface area contributed by atoms with Crippen LogP contribution in [0.3, 0.4) is 0 Å². The van der Waals surface area contributed by atoms with Gasteiger partial charge in [0.15, 0.2) is 0 Å². The number of rotatable bonds is 3. The summed E-state index contributed by atoms with van der Waals surface area (Å²) in [4.78, 5) is 14.1. The van der Waals surface area contributed by atoms with Gasteiger partial charge in [-0.1, -0.05) is 0 Å². The molecule has 1 amide bonds. The van der Waals surface area contributed by atoms with E-state index in [1.807, 2.05) is 0 Å². The molecule has 2 aliphatic heterocycles. The number of hydrogen-bond acceptors (Lipinski definition) is 2. The minimum Gasteiger partial charge on any atom is -0.378 e. The van der Waals surface area contributed by atoms with Crippen LogP contribution in [0.25, 0.3) is 0 Å². The van der Waals surface area contributed by atoms with Crippen LogP contribution in [0.5, 0.6) is 0 Å². The lowest BCUT2D eigenvalue weighted by Gasteiger charge is -2.33. The zero-order chi connectivity index (χ0) is 11.4. The molecule has 16 heavy (non-hydrogen) atoms. The highest BCUT2D eigenvalue weighted by molar-refractivity contribution is 5.76. The number of carbonyl (C=O) groups is 1. The Labute approximate surface area is 98.1 Å². The lowest BCUT2D eigenvalue weighted by atomic mass is 10.0. The fraction of sp³-hybridized carbons (Fsp3) is 0.923. The Balaban J connectivity index is 1.73. The number of ether oxygens (including phenoxy) is 1. The molecule has 0 aromatic carbocycles. The van der Waals surface area contributed by atoms with Crippen LogP contribution in [-0.2, 0) is 9.53 Å². The van der Waals surface area contributed by atoms with Crippen LogP contribution in [-0.4, -0.2) is 36.1 Å². The van der Waals surface area contributed by atoms with Crippen LogP contribution in [0.1, 0.15) is 51.9 Å². The van der Waals surface area contributed by atoms with E-state index in [1.165, 1.54) is 25.7 Å². The first-order chi connectivity index (χ1) is 7.77. The first-order valence-electron chi connectivity index (χ1n) is 6.68. The molecule has 0 unspecified atom stereocenters. The summed E-state index contributed by atoms with van der Waals surface area (Å²) >= 11 is 0. The van der Waals surface area contributed by atoms with E-state index >= 15 is 0 Å². The highest BCUT2D eigenvalue weighted by Gasteiger charge is 2.24. The smallest absolute Gasteiger partial charge is 0.222 e. The van der Waals surface area contributed by atoms with E-state index in [0.29, 0.717) is 24.5 Å². The van der Waals surface area contributed by atoms with Gasteiger partial charge in [-0.25, -0.2) is 0 Å². The second kappa shape index (κ2) is 5.67. The summed E-state index contributed by atoms with van der Waals surface area (Å²) in [7, 11) is 0. The molecule has 2 atom stereocenters. The topological polar surface area (TPSA) is 29.5 Å². The molecule has 0 aromatic rings. The van der Waals surface area contributed by atoms with Crippen LogP contribution >= 0.6 is 0 Å². The Kier molecular flexibility index (Phi) is 4.22. The van der Waals surface area contributed by atoms with Crippen LogP contribution in [0.15, 0.2) is 0 Å². The molecule has 2 heterocycles. The lowest BCUT2D eigenvalue weighted by molar-refractivity contribution is -0.135. The second-order valence-corrected chi connectivity index (χ2v) is 5.11. The van der Waals surface area contributed by atoms with Gasteiger partial charge in [0.2, 0.25) is 5.91 Å². The average molecular weight is 225 g/mol. The second-order valence-electron chi connectivity index (χ2n) is 5.11. The molecule has 0 aromatic heterocycles. The monoisotopic (exact) mass is 225 g/mol. The van der Waals surface area contributed by atoms with Crippen molar-refractivity contribution in [2.24, 2.45) is 0 Å². The first-order valence-corrected chi connectivity index (χ1v) is 6.68. The van der Waals surface area contributed by atoms with E-state index in [2.05, 4.69) is 11.8 Å². The number of likely N-dealkylation sites (tertiary alicyclic amines) is 1. The highest BCUT2D eigenvalue weighted by atomic mass is 16.5. The standard InChI is InChI=1S/C13H23NO2/c1-11-5-2-3-9-14(11)13(15)8-7-12-6-4-10-16-12/h11-12H,2-10H2,1H3/t11-,12-/m0/s1. The maximum absolute atomic E-state index is 12.0. The van der Waals surface area contributed by atoms with E-state index in [9.17, 15) is 4.79 Å². The molecule has 2 fully saturated rings. The summed E-state index contributed by atoms with van der Waals surface area (Å²) in [5, 5.41) is 0. The van der Waals surface area contributed by atoms with Crippen molar-refractivity contribution in [3.05, 3.63) is 0 Å². The third-order valence-electron chi connectivity index (χ3n) is 3.83. The Morgan fingerprint density at radius 3 is 2.88 bits per heavy atom. The van der Waals surface area contributed by atoms with E-state index in [4.69, 9.17) is 4.74 Å². The molecule has 0 N–H and O–H groups in total. The van der Waals surface area contributed by atoms with Gasteiger partial charge in [-0.15, -0.1) is 0 Å². The van der Waals surface area contributed by atoms with Crippen molar-refractivity contribution in [2.75, 3.05) is 13.2 Å². The van der Waals surface area contributed by atoms with Crippen molar-refractivity contribution in [1.82, 2.24) is 4.90 Å². The van der Waals surface area contributed by atoms with E-state index in [-0.39, 0.29) is 0 Å².